The number of hydrogen-bond donors (Lipinski definition) is 1. The van der Waals surface area contributed by atoms with E-state index < -0.39 is 0 Å². The molecule has 3 heterocycles. The molecule has 21 heavy (non-hydrogen) atoms. The molecule has 1 N–H and O–H groups in total. The normalized spacial score (nSPS) is 22.0. The summed E-state index contributed by atoms with van der Waals surface area (Å²) in [5.41, 5.74) is 1.57. The Morgan fingerprint density at radius 2 is 2.33 bits per heavy atom. The Balaban J connectivity index is 1.93. The highest BCUT2D eigenvalue weighted by molar-refractivity contribution is 5.95. The van der Waals surface area contributed by atoms with Crippen molar-refractivity contribution in [1.29, 1.82) is 0 Å². The molecular weight excluding hydrogens is 270 g/mol. The van der Waals surface area contributed by atoms with Crippen LogP contribution >= 0.6 is 0 Å². The van der Waals surface area contributed by atoms with E-state index in [1.807, 2.05) is 29.5 Å². The van der Waals surface area contributed by atoms with Crippen LogP contribution in [0.5, 0.6) is 0 Å². The quantitative estimate of drug-likeness (QED) is 0.916. The lowest BCUT2D eigenvalue weighted by Crippen LogP contribution is -2.33. The molecule has 0 unspecified atom stereocenters. The number of carbonyl (C=O) groups excluding carboxylic acids is 1. The standard InChI is InChI=1S/C14H19N5O2/c1-9-11(4-5-15-9)14(20)19-7-10(21-3)6-12(19)13-17-16-8-18(13)2/h4-5,8,10,12,15H,6-7H2,1-3H3/t10-,12+/m1/s1. The summed E-state index contributed by atoms with van der Waals surface area (Å²) in [4.78, 5) is 17.7. The second-order valence-corrected chi connectivity index (χ2v) is 5.38. The molecule has 0 radical (unpaired) electrons. The van der Waals surface area contributed by atoms with Gasteiger partial charge in [0.15, 0.2) is 5.82 Å². The Kier molecular flexibility index (Phi) is 3.50. The van der Waals surface area contributed by atoms with Gasteiger partial charge in [-0.2, -0.15) is 0 Å². The number of H-pyrrole nitrogens is 1. The molecule has 0 bridgehead atoms. The highest BCUT2D eigenvalue weighted by atomic mass is 16.5. The van der Waals surface area contributed by atoms with Crippen molar-refractivity contribution in [3.63, 3.8) is 0 Å². The highest BCUT2D eigenvalue weighted by Crippen LogP contribution is 2.33. The zero-order valence-electron chi connectivity index (χ0n) is 12.4. The van der Waals surface area contributed by atoms with Crippen LogP contribution in [-0.4, -0.2) is 50.3 Å². The second kappa shape index (κ2) is 5.33. The first-order valence-electron chi connectivity index (χ1n) is 6.93. The molecule has 1 saturated heterocycles. The fraction of sp³-hybridized carbons (Fsp3) is 0.500. The summed E-state index contributed by atoms with van der Waals surface area (Å²) in [6, 6.07) is 1.70. The third kappa shape index (κ3) is 2.33. The molecule has 1 aliphatic rings. The average molecular weight is 289 g/mol. The Hall–Kier alpha value is -2.15. The maximum Gasteiger partial charge on any atom is 0.256 e. The van der Waals surface area contributed by atoms with Crippen molar-refractivity contribution in [2.75, 3.05) is 13.7 Å². The SMILES string of the molecule is CO[C@@H]1C[C@@H](c2nncn2C)N(C(=O)c2cc[nH]c2C)C1. The van der Waals surface area contributed by atoms with Crippen molar-refractivity contribution in [2.24, 2.45) is 7.05 Å². The molecule has 0 saturated carbocycles. The van der Waals surface area contributed by atoms with Crippen LogP contribution in [0.2, 0.25) is 0 Å². The van der Waals surface area contributed by atoms with E-state index in [9.17, 15) is 4.79 Å². The highest BCUT2D eigenvalue weighted by Gasteiger charge is 2.39. The minimum Gasteiger partial charge on any atom is -0.380 e. The van der Waals surface area contributed by atoms with Crippen molar-refractivity contribution in [3.05, 3.63) is 35.7 Å². The van der Waals surface area contributed by atoms with Crippen LogP contribution in [0.25, 0.3) is 0 Å². The summed E-state index contributed by atoms with van der Waals surface area (Å²) >= 11 is 0. The minimum absolute atomic E-state index is 0.00120. The van der Waals surface area contributed by atoms with Gasteiger partial charge in [-0.3, -0.25) is 4.79 Å². The van der Waals surface area contributed by atoms with Gasteiger partial charge in [-0.15, -0.1) is 10.2 Å². The summed E-state index contributed by atoms with van der Waals surface area (Å²) in [6.07, 6.45) is 4.19. The number of amides is 1. The molecule has 2 atom stereocenters. The number of carbonyl (C=O) groups is 1. The number of hydrogen-bond acceptors (Lipinski definition) is 4. The van der Waals surface area contributed by atoms with Crippen LogP contribution in [0.4, 0.5) is 0 Å². The zero-order chi connectivity index (χ0) is 15.0. The fourth-order valence-electron chi connectivity index (χ4n) is 2.87. The van der Waals surface area contributed by atoms with Gasteiger partial charge in [-0.05, 0) is 13.0 Å². The van der Waals surface area contributed by atoms with Crippen molar-refractivity contribution < 1.29 is 9.53 Å². The van der Waals surface area contributed by atoms with Gasteiger partial charge in [0.25, 0.3) is 5.91 Å². The lowest BCUT2D eigenvalue weighted by Gasteiger charge is -2.23. The number of nitrogens with zero attached hydrogens (tertiary/aromatic N) is 4. The first kappa shape index (κ1) is 13.8. The molecule has 3 rings (SSSR count). The van der Waals surface area contributed by atoms with Gasteiger partial charge in [-0.25, -0.2) is 0 Å². The molecule has 0 aliphatic carbocycles. The smallest absolute Gasteiger partial charge is 0.256 e. The van der Waals surface area contributed by atoms with Gasteiger partial charge in [0.2, 0.25) is 0 Å². The Bertz CT molecular complexity index is 647. The van der Waals surface area contributed by atoms with E-state index in [0.29, 0.717) is 12.1 Å². The molecule has 112 valence electrons. The molecule has 0 aromatic carbocycles. The second-order valence-electron chi connectivity index (χ2n) is 5.38. The van der Waals surface area contributed by atoms with Crippen LogP contribution in [0, 0.1) is 6.92 Å². The molecule has 7 nitrogen and oxygen atoms in total. The maximum absolute atomic E-state index is 12.8. The summed E-state index contributed by atoms with van der Waals surface area (Å²) in [6.45, 7) is 2.46. The van der Waals surface area contributed by atoms with Gasteiger partial charge in [0.05, 0.1) is 17.7 Å². The lowest BCUT2D eigenvalue weighted by molar-refractivity contribution is 0.0682. The number of nitrogens with one attached hydrogen (secondary N) is 1. The number of aromatic nitrogens is 4. The lowest BCUT2D eigenvalue weighted by atomic mass is 10.1. The van der Waals surface area contributed by atoms with E-state index in [4.69, 9.17) is 4.74 Å². The first-order valence-corrected chi connectivity index (χ1v) is 6.93. The Morgan fingerprint density at radius 3 is 2.90 bits per heavy atom. The molecular formula is C14H19N5O2. The van der Waals surface area contributed by atoms with E-state index in [2.05, 4.69) is 15.2 Å². The number of likely N-dealkylation sites (tertiary alicyclic amines) is 1. The molecule has 0 spiro atoms. The Labute approximate surface area is 122 Å². The van der Waals surface area contributed by atoms with E-state index in [1.54, 1.807) is 19.6 Å². The van der Waals surface area contributed by atoms with Crippen LogP contribution < -0.4 is 0 Å². The maximum atomic E-state index is 12.8. The third-order valence-electron chi connectivity index (χ3n) is 4.09. The number of methoxy groups -OCH3 is 1. The van der Waals surface area contributed by atoms with Crippen LogP contribution in [-0.2, 0) is 11.8 Å². The van der Waals surface area contributed by atoms with Crippen molar-refractivity contribution in [3.8, 4) is 0 Å². The monoisotopic (exact) mass is 289 g/mol. The van der Waals surface area contributed by atoms with Crippen LogP contribution in [0.15, 0.2) is 18.6 Å². The number of aryl methyl sites for hydroxylation is 2. The molecule has 2 aromatic rings. The third-order valence-corrected chi connectivity index (χ3v) is 4.09. The van der Waals surface area contributed by atoms with Crippen molar-refractivity contribution >= 4 is 5.91 Å². The molecule has 1 amide bonds. The summed E-state index contributed by atoms with van der Waals surface area (Å²) in [7, 11) is 3.56. The number of aromatic amines is 1. The van der Waals surface area contributed by atoms with Crippen LogP contribution in [0.3, 0.4) is 0 Å². The molecule has 1 fully saturated rings. The summed E-state index contributed by atoms with van der Waals surface area (Å²) < 4.78 is 7.30. The van der Waals surface area contributed by atoms with E-state index >= 15 is 0 Å². The summed E-state index contributed by atoms with van der Waals surface area (Å²) in [5, 5.41) is 8.08. The predicted molar refractivity (Wildman–Crippen MR) is 75.7 cm³/mol. The molecule has 2 aromatic heterocycles. The van der Waals surface area contributed by atoms with Gasteiger partial charge in [0, 0.05) is 39.0 Å². The zero-order valence-corrected chi connectivity index (χ0v) is 12.4. The molecule has 1 aliphatic heterocycles. The van der Waals surface area contributed by atoms with E-state index in [1.165, 1.54) is 0 Å². The topological polar surface area (TPSA) is 76.0 Å². The Morgan fingerprint density at radius 1 is 1.52 bits per heavy atom. The van der Waals surface area contributed by atoms with Crippen LogP contribution in [0.1, 0.15) is 34.3 Å². The minimum atomic E-state index is -0.107. The largest absolute Gasteiger partial charge is 0.380 e. The number of ether oxygens (including phenoxy) is 1. The van der Waals surface area contributed by atoms with Gasteiger partial charge < -0.3 is 19.2 Å². The van der Waals surface area contributed by atoms with Crippen molar-refractivity contribution in [2.45, 2.75) is 25.5 Å². The number of rotatable bonds is 3. The summed E-state index contributed by atoms with van der Waals surface area (Å²) in [5.74, 6) is 0.789. The van der Waals surface area contributed by atoms with E-state index in [-0.39, 0.29) is 18.1 Å². The fourth-order valence-corrected chi connectivity index (χ4v) is 2.87. The average Bonchev–Trinajstić information content (AvgIpc) is 3.16. The van der Waals surface area contributed by atoms with Gasteiger partial charge >= 0.3 is 0 Å². The predicted octanol–water partition coefficient (Wildman–Crippen LogP) is 1.05. The molecule has 7 heteroatoms. The van der Waals surface area contributed by atoms with Crippen molar-refractivity contribution in [1.82, 2.24) is 24.6 Å². The van der Waals surface area contributed by atoms with Gasteiger partial charge in [-0.1, -0.05) is 0 Å². The van der Waals surface area contributed by atoms with Gasteiger partial charge in [0.1, 0.15) is 6.33 Å². The van der Waals surface area contributed by atoms with E-state index in [0.717, 1.165) is 17.9 Å². The first-order chi connectivity index (χ1) is 10.1.